The van der Waals surface area contributed by atoms with Crippen LogP contribution in [0.4, 0.5) is 9.59 Å². The van der Waals surface area contributed by atoms with Gasteiger partial charge in [-0.05, 0) is 54.4 Å². The Hall–Kier alpha value is -1.99. The molecule has 26 heavy (non-hydrogen) atoms. The van der Waals surface area contributed by atoms with Crippen LogP contribution in [0.2, 0.25) is 0 Å². The summed E-state index contributed by atoms with van der Waals surface area (Å²) in [7, 11) is 0. The molecule has 0 aromatic heterocycles. The van der Waals surface area contributed by atoms with Gasteiger partial charge in [-0.15, -0.1) is 0 Å². The third-order valence-corrected chi connectivity index (χ3v) is 3.53. The molecule has 150 valence electrons. The lowest BCUT2D eigenvalue weighted by molar-refractivity contribution is -0.121. The van der Waals surface area contributed by atoms with E-state index in [4.69, 9.17) is 9.47 Å². The van der Waals surface area contributed by atoms with Gasteiger partial charge in [-0.3, -0.25) is 4.79 Å². The molecule has 0 spiro atoms. The van der Waals surface area contributed by atoms with E-state index in [1.807, 2.05) is 20.8 Å². The number of piperidine rings is 1. The molecule has 8 heteroatoms. The van der Waals surface area contributed by atoms with E-state index in [0.29, 0.717) is 25.9 Å². The third kappa shape index (κ3) is 9.48. The van der Waals surface area contributed by atoms with Crippen LogP contribution in [0.1, 0.15) is 60.8 Å². The average Bonchev–Trinajstić information content (AvgIpc) is 2.44. The quantitative estimate of drug-likeness (QED) is 0.791. The lowest BCUT2D eigenvalue weighted by atomic mass is 10.1. The molecular weight excluding hydrogens is 338 g/mol. The topological polar surface area (TPSA) is 97.0 Å². The van der Waals surface area contributed by atoms with Crippen LogP contribution in [-0.2, 0) is 14.3 Å². The molecule has 8 nitrogen and oxygen atoms in total. The smallest absolute Gasteiger partial charge is 0.410 e. The Kier molecular flexibility index (Phi) is 7.71. The Morgan fingerprint density at radius 3 is 2.00 bits per heavy atom. The minimum atomic E-state index is -0.561. The fourth-order valence-corrected chi connectivity index (χ4v) is 2.42. The van der Waals surface area contributed by atoms with Gasteiger partial charge in [-0.25, -0.2) is 9.59 Å². The summed E-state index contributed by atoms with van der Waals surface area (Å²) in [5.74, 6) is -0.128. The zero-order valence-corrected chi connectivity index (χ0v) is 16.8. The number of nitrogens with one attached hydrogen (secondary N) is 2. The lowest BCUT2D eigenvalue weighted by Crippen LogP contribution is -2.48. The summed E-state index contributed by atoms with van der Waals surface area (Å²) in [5.41, 5.74) is -1.07. The molecule has 0 aromatic rings. The molecule has 0 unspecified atom stereocenters. The second kappa shape index (κ2) is 9.09. The van der Waals surface area contributed by atoms with Gasteiger partial charge in [0, 0.05) is 32.1 Å². The van der Waals surface area contributed by atoms with E-state index in [2.05, 4.69) is 10.6 Å². The first-order valence-corrected chi connectivity index (χ1v) is 9.10. The van der Waals surface area contributed by atoms with Gasteiger partial charge in [-0.1, -0.05) is 0 Å². The average molecular weight is 371 g/mol. The van der Waals surface area contributed by atoms with Crippen molar-refractivity contribution in [3.8, 4) is 0 Å². The maximum Gasteiger partial charge on any atom is 0.410 e. The van der Waals surface area contributed by atoms with Gasteiger partial charge in [0.15, 0.2) is 0 Å². The molecule has 3 amide bonds. The number of amides is 3. The maximum absolute atomic E-state index is 12.0. The molecule has 0 aromatic carbocycles. The molecule has 1 rings (SSSR count). The number of likely N-dealkylation sites (tertiary alicyclic amines) is 1. The largest absolute Gasteiger partial charge is 0.444 e. The molecule has 1 fully saturated rings. The SMILES string of the molecule is CC(C)(C)OC(=O)NCCC(=O)NC1CCN(C(=O)OC(C)(C)C)CC1. The van der Waals surface area contributed by atoms with E-state index in [-0.39, 0.29) is 31.0 Å². The Morgan fingerprint density at radius 2 is 1.50 bits per heavy atom. The first kappa shape index (κ1) is 22.1. The van der Waals surface area contributed by atoms with E-state index in [9.17, 15) is 14.4 Å². The number of nitrogens with zero attached hydrogens (tertiary/aromatic N) is 1. The van der Waals surface area contributed by atoms with Gasteiger partial charge in [0.2, 0.25) is 5.91 Å². The summed E-state index contributed by atoms with van der Waals surface area (Å²) in [6.07, 6.45) is 0.709. The Balaban J connectivity index is 2.23. The highest BCUT2D eigenvalue weighted by atomic mass is 16.6. The number of carbonyl (C=O) groups is 3. The molecular formula is C18H33N3O5. The van der Waals surface area contributed by atoms with Gasteiger partial charge < -0.3 is 25.0 Å². The number of hydrogen-bond donors (Lipinski definition) is 2. The first-order chi connectivity index (χ1) is 11.9. The molecule has 1 saturated heterocycles. The van der Waals surface area contributed by atoms with Crippen molar-refractivity contribution in [3.05, 3.63) is 0 Å². The van der Waals surface area contributed by atoms with Gasteiger partial charge in [0.1, 0.15) is 11.2 Å². The molecule has 0 atom stereocenters. The van der Waals surface area contributed by atoms with E-state index >= 15 is 0 Å². The van der Waals surface area contributed by atoms with Gasteiger partial charge >= 0.3 is 12.2 Å². The van der Waals surface area contributed by atoms with Crippen LogP contribution in [0.25, 0.3) is 0 Å². The normalized spacial score (nSPS) is 16.0. The summed E-state index contributed by atoms with van der Waals surface area (Å²) in [6, 6.07) is 0.0303. The van der Waals surface area contributed by atoms with Crippen LogP contribution < -0.4 is 10.6 Å². The molecule has 1 heterocycles. The van der Waals surface area contributed by atoms with Gasteiger partial charge in [0.05, 0.1) is 0 Å². The van der Waals surface area contributed by atoms with Crippen molar-refractivity contribution in [1.29, 1.82) is 0 Å². The number of rotatable bonds is 4. The summed E-state index contributed by atoms with van der Waals surface area (Å²) in [5, 5.41) is 5.50. The van der Waals surface area contributed by atoms with E-state index in [1.165, 1.54) is 0 Å². The van der Waals surface area contributed by atoms with E-state index in [0.717, 1.165) is 0 Å². The summed E-state index contributed by atoms with van der Waals surface area (Å²) < 4.78 is 10.5. The third-order valence-electron chi connectivity index (χ3n) is 3.53. The summed E-state index contributed by atoms with van der Waals surface area (Å²) >= 11 is 0. The molecule has 1 aliphatic rings. The van der Waals surface area contributed by atoms with E-state index in [1.54, 1.807) is 25.7 Å². The van der Waals surface area contributed by atoms with Crippen LogP contribution in [-0.4, -0.2) is 59.9 Å². The van der Waals surface area contributed by atoms with Crippen molar-refractivity contribution < 1.29 is 23.9 Å². The second-order valence-corrected chi connectivity index (χ2v) is 8.49. The van der Waals surface area contributed by atoms with Crippen LogP contribution >= 0.6 is 0 Å². The molecule has 2 N–H and O–H groups in total. The van der Waals surface area contributed by atoms with Crippen molar-refractivity contribution in [2.75, 3.05) is 19.6 Å². The molecule has 0 saturated carbocycles. The fourth-order valence-electron chi connectivity index (χ4n) is 2.42. The monoisotopic (exact) mass is 371 g/mol. The summed E-state index contributed by atoms with van der Waals surface area (Å²) in [6.45, 7) is 12.2. The highest BCUT2D eigenvalue weighted by molar-refractivity contribution is 5.77. The zero-order chi connectivity index (χ0) is 20.0. The highest BCUT2D eigenvalue weighted by Gasteiger charge is 2.27. The highest BCUT2D eigenvalue weighted by Crippen LogP contribution is 2.15. The van der Waals surface area contributed by atoms with Gasteiger partial charge in [-0.2, -0.15) is 0 Å². The summed E-state index contributed by atoms with van der Waals surface area (Å²) in [4.78, 5) is 37.2. The second-order valence-electron chi connectivity index (χ2n) is 8.49. The predicted molar refractivity (Wildman–Crippen MR) is 97.8 cm³/mol. The first-order valence-electron chi connectivity index (χ1n) is 9.10. The predicted octanol–water partition coefficient (Wildman–Crippen LogP) is 2.42. The van der Waals surface area contributed by atoms with Crippen molar-refractivity contribution in [2.45, 2.75) is 78.0 Å². The van der Waals surface area contributed by atoms with Crippen molar-refractivity contribution in [2.24, 2.45) is 0 Å². The van der Waals surface area contributed by atoms with Crippen LogP contribution in [0, 0.1) is 0 Å². The Bertz CT molecular complexity index is 500. The van der Waals surface area contributed by atoms with Crippen LogP contribution in [0.15, 0.2) is 0 Å². The minimum absolute atomic E-state index is 0.0303. The number of alkyl carbamates (subject to hydrolysis) is 1. The van der Waals surface area contributed by atoms with Crippen molar-refractivity contribution in [1.82, 2.24) is 15.5 Å². The molecule has 0 aliphatic carbocycles. The van der Waals surface area contributed by atoms with Crippen LogP contribution in [0.5, 0.6) is 0 Å². The standard InChI is InChI=1S/C18H33N3O5/c1-17(2,3)25-15(23)19-10-7-14(22)20-13-8-11-21(12-9-13)16(24)26-18(4,5)6/h13H,7-12H2,1-6H3,(H,19,23)(H,20,22). The number of ether oxygens (including phenoxy) is 2. The molecule has 1 aliphatic heterocycles. The van der Waals surface area contributed by atoms with Crippen molar-refractivity contribution in [3.63, 3.8) is 0 Å². The fraction of sp³-hybridized carbons (Fsp3) is 0.833. The molecule has 0 radical (unpaired) electrons. The molecule has 0 bridgehead atoms. The van der Waals surface area contributed by atoms with Crippen LogP contribution in [0.3, 0.4) is 0 Å². The Labute approximate surface area is 156 Å². The zero-order valence-electron chi connectivity index (χ0n) is 16.8. The lowest BCUT2D eigenvalue weighted by Gasteiger charge is -2.33. The number of carbonyl (C=O) groups excluding carboxylic acids is 3. The Morgan fingerprint density at radius 1 is 0.962 bits per heavy atom. The van der Waals surface area contributed by atoms with Gasteiger partial charge in [0.25, 0.3) is 0 Å². The van der Waals surface area contributed by atoms with Crippen molar-refractivity contribution >= 4 is 18.1 Å². The minimum Gasteiger partial charge on any atom is -0.444 e. The number of hydrogen-bond acceptors (Lipinski definition) is 5. The van der Waals surface area contributed by atoms with E-state index < -0.39 is 17.3 Å². The maximum atomic E-state index is 12.0.